The fourth-order valence-electron chi connectivity index (χ4n) is 0.609. The van der Waals surface area contributed by atoms with Crippen LogP contribution in [0, 0.1) is 0 Å². The van der Waals surface area contributed by atoms with E-state index in [0.29, 0.717) is 5.71 Å². The lowest BCUT2D eigenvalue weighted by molar-refractivity contribution is 0.319. The van der Waals surface area contributed by atoms with Crippen LogP contribution in [0.2, 0.25) is 0 Å². The Balaban J connectivity index is 2.88. The molecule has 0 saturated heterocycles. The molecule has 1 N–H and O–H groups in total. The summed E-state index contributed by atoms with van der Waals surface area (Å²) in [7, 11) is 0. The standard InChI is InChI=1S/C7H7NO/c1-6(8-9)7-4-2-3-5-7/h2-4,9H,1H3/b8-6+. The van der Waals surface area contributed by atoms with Crippen LogP contribution in [0.15, 0.2) is 34.7 Å². The van der Waals surface area contributed by atoms with E-state index in [4.69, 9.17) is 5.21 Å². The highest BCUT2D eigenvalue weighted by atomic mass is 16.4. The summed E-state index contributed by atoms with van der Waals surface area (Å²) in [4.78, 5) is 0. The summed E-state index contributed by atoms with van der Waals surface area (Å²) in [5.74, 6) is 0. The van der Waals surface area contributed by atoms with Gasteiger partial charge in [-0.2, -0.15) is 0 Å². The summed E-state index contributed by atoms with van der Waals surface area (Å²) in [6.07, 6.45) is 5.48. The minimum Gasteiger partial charge on any atom is -0.411 e. The molecule has 0 saturated carbocycles. The van der Waals surface area contributed by atoms with Crippen molar-refractivity contribution in [2.45, 2.75) is 6.92 Å². The lowest BCUT2D eigenvalue weighted by Crippen LogP contribution is -1.90. The van der Waals surface area contributed by atoms with E-state index in [0.717, 1.165) is 5.57 Å². The highest BCUT2D eigenvalue weighted by molar-refractivity contribution is 6.00. The van der Waals surface area contributed by atoms with Crippen molar-refractivity contribution < 1.29 is 5.21 Å². The van der Waals surface area contributed by atoms with Gasteiger partial charge in [0, 0.05) is 5.57 Å². The zero-order chi connectivity index (χ0) is 6.69. The molecule has 0 aromatic carbocycles. The van der Waals surface area contributed by atoms with Crippen molar-refractivity contribution in [3.8, 4) is 0 Å². The number of oxime groups is 1. The van der Waals surface area contributed by atoms with Crippen LogP contribution in [0.1, 0.15) is 6.92 Å². The largest absolute Gasteiger partial charge is 0.411 e. The van der Waals surface area contributed by atoms with Gasteiger partial charge in [-0.05, 0) is 19.1 Å². The van der Waals surface area contributed by atoms with E-state index in [1.807, 2.05) is 12.2 Å². The van der Waals surface area contributed by atoms with Crippen LogP contribution < -0.4 is 0 Å². The predicted molar refractivity (Wildman–Crippen MR) is 35.6 cm³/mol. The molecule has 0 amide bonds. The van der Waals surface area contributed by atoms with Crippen molar-refractivity contribution in [1.82, 2.24) is 0 Å². The van der Waals surface area contributed by atoms with E-state index in [1.165, 1.54) is 0 Å². The minimum absolute atomic E-state index is 0.597. The van der Waals surface area contributed by atoms with Gasteiger partial charge in [-0.1, -0.05) is 11.2 Å². The molecule has 0 radical (unpaired) electrons. The monoisotopic (exact) mass is 121 g/mol. The van der Waals surface area contributed by atoms with Crippen LogP contribution in [0.3, 0.4) is 0 Å². The second kappa shape index (κ2) is 2.33. The Labute approximate surface area is 53.5 Å². The summed E-state index contributed by atoms with van der Waals surface area (Å²) in [5.41, 5.74) is 4.34. The van der Waals surface area contributed by atoms with Crippen molar-refractivity contribution in [3.63, 3.8) is 0 Å². The molecule has 1 aliphatic carbocycles. The maximum atomic E-state index is 8.27. The van der Waals surface area contributed by atoms with Crippen LogP contribution in [-0.4, -0.2) is 10.9 Å². The molecular weight excluding hydrogens is 114 g/mol. The third-order valence-corrected chi connectivity index (χ3v) is 1.14. The van der Waals surface area contributed by atoms with Gasteiger partial charge in [0.25, 0.3) is 0 Å². The van der Waals surface area contributed by atoms with Gasteiger partial charge in [0.2, 0.25) is 0 Å². The maximum absolute atomic E-state index is 8.27. The van der Waals surface area contributed by atoms with E-state index >= 15 is 0 Å². The molecule has 0 aromatic rings. The fraction of sp³-hybridized carbons (Fsp3) is 0.143. The lowest BCUT2D eigenvalue weighted by Gasteiger charge is -1.88. The van der Waals surface area contributed by atoms with Gasteiger partial charge in [0.1, 0.15) is 0 Å². The van der Waals surface area contributed by atoms with E-state index < -0.39 is 0 Å². The molecule has 0 heterocycles. The third-order valence-electron chi connectivity index (χ3n) is 1.14. The molecule has 1 rings (SSSR count). The number of hydrogen-bond donors (Lipinski definition) is 1. The number of hydrogen-bond acceptors (Lipinski definition) is 2. The second-order valence-electron chi connectivity index (χ2n) is 1.77. The van der Waals surface area contributed by atoms with E-state index in [9.17, 15) is 0 Å². The van der Waals surface area contributed by atoms with Crippen molar-refractivity contribution in [2.75, 3.05) is 0 Å². The van der Waals surface area contributed by atoms with E-state index in [-0.39, 0.29) is 0 Å². The summed E-state index contributed by atoms with van der Waals surface area (Å²) in [6, 6.07) is 0. The zero-order valence-electron chi connectivity index (χ0n) is 5.13. The smallest absolute Gasteiger partial charge is 0.0914 e. The van der Waals surface area contributed by atoms with Crippen LogP contribution in [0.25, 0.3) is 0 Å². The lowest BCUT2D eigenvalue weighted by atomic mass is 10.2. The van der Waals surface area contributed by atoms with Crippen molar-refractivity contribution >= 4 is 5.71 Å². The van der Waals surface area contributed by atoms with Gasteiger partial charge in [0.15, 0.2) is 0 Å². The van der Waals surface area contributed by atoms with E-state index in [2.05, 4.69) is 10.9 Å². The van der Waals surface area contributed by atoms with Gasteiger partial charge >= 0.3 is 0 Å². The molecule has 0 aliphatic heterocycles. The molecule has 0 atom stereocenters. The van der Waals surface area contributed by atoms with Crippen LogP contribution in [0.4, 0.5) is 0 Å². The number of allylic oxidation sites excluding steroid dienone is 3. The Morgan fingerprint density at radius 1 is 1.78 bits per heavy atom. The van der Waals surface area contributed by atoms with E-state index in [1.54, 1.807) is 13.0 Å². The van der Waals surface area contributed by atoms with Crippen molar-refractivity contribution in [1.29, 1.82) is 0 Å². The SMILES string of the molecule is C/C(=N\O)C1=C=CC=C1. The van der Waals surface area contributed by atoms with Gasteiger partial charge < -0.3 is 5.21 Å². The summed E-state index contributed by atoms with van der Waals surface area (Å²) in [5, 5.41) is 11.3. The Kier molecular flexibility index (Phi) is 1.52. The molecule has 46 valence electrons. The highest BCUT2D eigenvalue weighted by Gasteiger charge is 1.97. The Bertz CT molecular complexity index is 229. The number of rotatable bonds is 1. The van der Waals surface area contributed by atoms with Crippen molar-refractivity contribution in [2.24, 2.45) is 5.16 Å². The normalized spacial score (nSPS) is 16.6. The Morgan fingerprint density at radius 2 is 2.56 bits per heavy atom. The molecule has 0 unspecified atom stereocenters. The summed E-state index contributed by atoms with van der Waals surface area (Å²) >= 11 is 0. The maximum Gasteiger partial charge on any atom is 0.0914 e. The molecule has 0 spiro atoms. The first-order valence-electron chi connectivity index (χ1n) is 2.67. The van der Waals surface area contributed by atoms with Crippen molar-refractivity contribution in [3.05, 3.63) is 29.5 Å². The fourth-order valence-corrected chi connectivity index (χ4v) is 0.609. The minimum atomic E-state index is 0.597. The zero-order valence-corrected chi connectivity index (χ0v) is 5.13. The molecular formula is C7H7NO. The molecule has 2 heteroatoms. The quantitative estimate of drug-likeness (QED) is 0.242. The van der Waals surface area contributed by atoms with Gasteiger partial charge in [-0.3, -0.25) is 0 Å². The first-order chi connectivity index (χ1) is 4.34. The molecule has 0 aromatic heterocycles. The third kappa shape index (κ3) is 1.09. The second-order valence-corrected chi connectivity index (χ2v) is 1.77. The average Bonchev–Trinajstić information content (AvgIpc) is 2.37. The average molecular weight is 121 g/mol. The predicted octanol–water partition coefficient (Wildman–Crippen LogP) is 1.49. The Morgan fingerprint density at radius 3 is 3.00 bits per heavy atom. The molecule has 1 aliphatic rings. The molecule has 0 fully saturated rings. The highest BCUT2D eigenvalue weighted by Crippen LogP contribution is 2.03. The molecule has 2 nitrogen and oxygen atoms in total. The summed E-state index contributed by atoms with van der Waals surface area (Å²) in [6.45, 7) is 1.73. The van der Waals surface area contributed by atoms with Crippen LogP contribution >= 0.6 is 0 Å². The van der Waals surface area contributed by atoms with Gasteiger partial charge in [0.05, 0.1) is 5.71 Å². The van der Waals surface area contributed by atoms with Gasteiger partial charge in [-0.25, -0.2) is 0 Å². The van der Waals surface area contributed by atoms with Crippen LogP contribution in [-0.2, 0) is 0 Å². The first-order valence-corrected chi connectivity index (χ1v) is 2.67. The Hall–Kier alpha value is -1.27. The topological polar surface area (TPSA) is 32.6 Å². The molecule has 9 heavy (non-hydrogen) atoms. The first kappa shape index (κ1) is 5.86. The summed E-state index contributed by atoms with van der Waals surface area (Å²) < 4.78 is 0. The number of nitrogens with zero attached hydrogens (tertiary/aromatic N) is 1. The van der Waals surface area contributed by atoms with Gasteiger partial charge in [-0.15, -0.1) is 5.73 Å². The van der Waals surface area contributed by atoms with Crippen LogP contribution in [0.5, 0.6) is 0 Å². The molecule has 0 bridgehead atoms.